The summed E-state index contributed by atoms with van der Waals surface area (Å²) in [5.74, 6) is -0.122. The average Bonchev–Trinajstić information content (AvgIpc) is 2.75. The molecule has 2 rings (SSSR count). The van der Waals surface area contributed by atoms with Crippen molar-refractivity contribution in [2.45, 2.75) is 38.3 Å². The highest BCUT2D eigenvalue weighted by Crippen LogP contribution is 2.20. The molecule has 4 heteroatoms. The maximum atomic E-state index is 11.8. The van der Waals surface area contributed by atoms with Gasteiger partial charge in [-0.1, -0.05) is 18.2 Å². The number of hydrogen-bond acceptors (Lipinski definition) is 3. The Labute approximate surface area is 108 Å². The van der Waals surface area contributed by atoms with Crippen LogP contribution in [0.1, 0.15) is 24.8 Å². The Morgan fingerprint density at radius 2 is 2.22 bits per heavy atom. The number of benzene rings is 1. The monoisotopic (exact) mass is 248 g/mol. The van der Waals surface area contributed by atoms with Crippen LogP contribution in [0.25, 0.3) is 0 Å². The Bertz CT molecular complexity index is 420. The van der Waals surface area contributed by atoms with Crippen molar-refractivity contribution in [3.8, 4) is 0 Å². The van der Waals surface area contributed by atoms with Crippen LogP contribution in [0.3, 0.4) is 0 Å². The Morgan fingerprint density at radius 1 is 1.44 bits per heavy atom. The average molecular weight is 248 g/mol. The molecule has 1 saturated carbocycles. The maximum Gasteiger partial charge on any atom is 0.250 e. The van der Waals surface area contributed by atoms with Crippen LogP contribution < -0.4 is 11.1 Å². The molecule has 4 nitrogen and oxygen atoms in total. The number of amides is 1. The van der Waals surface area contributed by atoms with Gasteiger partial charge in [-0.15, -0.1) is 0 Å². The lowest BCUT2D eigenvalue weighted by molar-refractivity contribution is -0.122. The summed E-state index contributed by atoms with van der Waals surface area (Å²) in [6, 6.07) is 7.77. The molecule has 0 bridgehead atoms. The van der Waals surface area contributed by atoms with Crippen molar-refractivity contribution in [2.24, 2.45) is 5.73 Å². The SMILES string of the molecule is Cc1ccccc1NC(=O)COC1CCCC1N. The van der Waals surface area contributed by atoms with E-state index in [-0.39, 0.29) is 24.7 Å². The van der Waals surface area contributed by atoms with E-state index in [1.165, 1.54) is 0 Å². The molecule has 0 spiro atoms. The lowest BCUT2D eigenvalue weighted by Gasteiger charge is -2.16. The summed E-state index contributed by atoms with van der Waals surface area (Å²) >= 11 is 0. The Kier molecular flexibility index (Phi) is 4.33. The van der Waals surface area contributed by atoms with E-state index in [0.717, 1.165) is 30.5 Å². The van der Waals surface area contributed by atoms with Crippen molar-refractivity contribution in [1.82, 2.24) is 0 Å². The maximum absolute atomic E-state index is 11.8. The molecule has 0 saturated heterocycles. The largest absolute Gasteiger partial charge is 0.367 e. The lowest BCUT2D eigenvalue weighted by Crippen LogP contribution is -2.33. The summed E-state index contributed by atoms with van der Waals surface area (Å²) < 4.78 is 5.55. The number of nitrogens with two attached hydrogens (primary N) is 1. The van der Waals surface area contributed by atoms with Gasteiger partial charge in [-0.05, 0) is 37.8 Å². The Morgan fingerprint density at radius 3 is 2.89 bits per heavy atom. The molecule has 18 heavy (non-hydrogen) atoms. The molecule has 1 aliphatic carbocycles. The highest BCUT2D eigenvalue weighted by molar-refractivity contribution is 5.92. The number of hydrogen-bond donors (Lipinski definition) is 2. The smallest absolute Gasteiger partial charge is 0.250 e. The first-order valence-corrected chi connectivity index (χ1v) is 6.39. The van der Waals surface area contributed by atoms with Gasteiger partial charge >= 0.3 is 0 Å². The fourth-order valence-corrected chi connectivity index (χ4v) is 2.24. The number of carbonyl (C=O) groups is 1. The molecule has 2 atom stereocenters. The molecular weight excluding hydrogens is 228 g/mol. The zero-order valence-electron chi connectivity index (χ0n) is 10.7. The van der Waals surface area contributed by atoms with Gasteiger partial charge in [-0.25, -0.2) is 0 Å². The molecule has 3 N–H and O–H groups in total. The minimum atomic E-state index is -0.122. The number of carbonyl (C=O) groups excluding carboxylic acids is 1. The van der Waals surface area contributed by atoms with Crippen molar-refractivity contribution < 1.29 is 9.53 Å². The predicted octanol–water partition coefficient (Wildman–Crippen LogP) is 1.83. The van der Waals surface area contributed by atoms with E-state index in [0.29, 0.717) is 0 Å². The van der Waals surface area contributed by atoms with Gasteiger partial charge in [0.05, 0.1) is 6.10 Å². The van der Waals surface area contributed by atoms with Crippen LogP contribution in [0.4, 0.5) is 5.69 Å². The molecule has 1 aromatic carbocycles. The summed E-state index contributed by atoms with van der Waals surface area (Å²) in [5, 5.41) is 2.84. The number of para-hydroxylation sites is 1. The molecular formula is C14H20N2O2. The van der Waals surface area contributed by atoms with Crippen LogP contribution in [-0.2, 0) is 9.53 Å². The third kappa shape index (κ3) is 3.31. The van der Waals surface area contributed by atoms with Gasteiger partial charge in [0.25, 0.3) is 0 Å². The van der Waals surface area contributed by atoms with Gasteiger partial charge < -0.3 is 15.8 Å². The molecule has 2 unspecified atom stereocenters. The third-order valence-corrected chi connectivity index (χ3v) is 3.35. The minimum Gasteiger partial charge on any atom is -0.367 e. The highest BCUT2D eigenvalue weighted by Gasteiger charge is 2.25. The zero-order valence-corrected chi connectivity index (χ0v) is 10.7. The number of rotatable bonds is 4. The molecule has 0 aliphatic heterocycles. The van der Waals surface area contributed by atoms with Gasteiger partial charge in [-0.2, -0.15) is 0 Å². The first kappa shape index (κ1) is 13.1. The van der Waals surface area contributed by atoms with E-state index >= 15 is 0 Å². The van der Waals surface area contributed by atoms with Crippen LogP contribution in [0.5, 0.6) is 0 Å². The van der Waals surface area contributed by atoms with Gasteiger partial charge in [0.1, 0.15) is 6.61 Å². The van der Waals surface area contributed by atoms with Gasteiger partial charge in [0, 0.05) is 11.7 Å². The zero-order chi connectivity index (χ0) is 13.0. The molecule has 0 aromatic heterocycles. The topological polar surface area (TPSA) is 64.3 Å². The standard InChI is InChI=1S/C14H20N2O2/c1-10-5-2-3-7-12(10)16-14(17)9-18-13-8-4-6-11(13)15/h2-3,5,7,11,13H,4,6,8-9,15H2,1H3,(H,16,17). The van der Waals surface area contributed by atoms with E-state index in [2.05, 4.69) is 5.32 Å². The molecule has 98 valence electrons. The van der Waals surface area contributed by atoms with E-state index in [1.54, 1.807) is 0 Å². The highest BCUT2D eigenvalue weighted by atomic mass is 16.5. The predicted molar refractivity (Wildman–Crippen MR) is 71.4 cm³/mol. The van der Waals surface area contributed by atoms with Crippen molar-refractivity contribution in [3.05, 3.63) is 29.8 Å². The van der Waals surface area contributed by atoms with Crippen LogP contribution in [0.15, 0.2) is 24.3 Å². The van der Waals surface area contributed by atoms with Gasteiger partial charge in [0.15, 0.2) is 0 Å². The minimum absolute atomic E-state index is 0.0348. The van der Waals surface area contributed by atoms with Crippen molar-refractivity contribution in [1.29, 1.82) is 0 Å². The molecule has 1 aromatic rings. The molecule has 1 fully saturated rings. The first-order valence-electron chi connectivity index (χ1n) is 6.39. The van der Waals surface area contributed by atoms with Crippen LogP contribution in [0, 0.1) is 6.92 Å². The fourth-order valence-electron chi connectivity index (χ4n) is 2.24. The first-order chi connectivity index (χ1) is 8.66. The normalized spacial score (nSPS) is 23.0. The van der Waals surface area contributed by atoms with Crippen LogP contribution >= 0.6 is 0 Å². The summed E-state index contributed by atoms with van der Waals surface area (Å²) in [6.45, 7) is 2.04. The lowest BCUT2D eigenvalue weighted by atomic mass is 10.2. The second-order valence-corrected chi connectivity index (χ2v) is 4.81. The number of aryl methyl sites for hydroxylation is 1. The summed E-state index contributed by atoms with van der Waals surface area (Å²) in [5.41, 5.74) is 7.77. The quantitative estimate of drug-likeness (QED) is 0.854. The van der Waals surface area contributed by atoms with Gasteiger partial charge in [-0.3, -0.25) is 4.79 Å². The summed E-state index contributed by atoms with van der Waals surface area (Å²) in [4.78, 5) is 11.8. The summed E-state index contributed by atoms with van der Waals surface area (Å²) in [7, 11) is 0. The second-order valence-electron chi connectivity index (χ2n) is 4.81. The van der Waals surface area contributed by atoms with Gasteiger partial charge in [0.2, 0.25) is 5.91 Å². The number of ether oxygens (including phenoxy) is 1. The van der Waals surface area contributed by atoms with Crippen molar-refractivity contribution in [2.75, 3.05) is 11.9 Å². The Balaban J connectivity index is 1.80. The van der Waals surface area contributed by atoms with E-state index in [4.69, 9.17) is 10.5 Å². The van der Waals surface area contributed by atoms with E-state index in [1.807, 2.05) is 31.2 Å². The third-order valence-electron chi connectivity index (χ3n) is 3.35. The van der Waals surface area contributed by atoms with Crippen molar-refractivity contribution >= 4 is 11.6 Å². The van der Waals surface area contributed by atoms with Crippen LogP contribution in [0.2, 0.25) is 0 Å². The van der Waals surface area contributed by atoms with E-state index < -0.39 is 0 Å². The number of anilines is 1. The summed E-state index contributed by atoms with van der Waals surface area (Å²) in [6.07, 6.45) is 3.07. The molecule has 1 amide bonds. The molecule has 1 aliphatic rings. The molecule has 0 heterocycles. The number of nitrogens with one attached hydrogen (secondary N) is 1. The second kappa shape index (κ2) is 5.98. The molecule has 0 radical (unpaired) electrons. The van der Waals surface area contributed by atoms with Crippen molar-refractivity contribution in [3.63, 3.8) is 0 Å². The fraction of sp³-hybridized carbons (Fsp3) is 0.500. The Hall–Kier alpha value is -1.39. The van der Waals surface area contributed by atoms with E-state index in [9.17, 15) is 4.79 Å². The van der Waals surface area contributed by atoms with Crippen LogP contribution in [-0.4, -0.2) is 24.7 Å².